The summed E-state index contributed by atoms with van der Waals surface area (Å²) in [6, 6.07) is 8.80. The maximum atomic E-state index is 11.6. The molecule has 0 aliphatic carbocycles. The van der Waals surface area contributed by atoms with Gasteiger partial charge in [-0.1, -0.05) is 23.7 Å². The lowest BCUT2D eigenvalue weighted by molar-refractivity contribution is -0.0597. The van der Waals surface area contributed by atoms with E-state index in [4.69, 9.17) is 16.4 Å². The molecule has 0 unspecified atom stereocenters. The summed E-state index contributed by atoms with van der Waals surface area (Å²) in [4.78, 5) is 16.4. The van der Waals surface area contributed by atoms with Crippen molar-refractivity contribution in [1.29, 1.82) is 0 Å². The van der Waals surface area contributed by atoms with Crippen molar-refractivity contribution < 1.29 is 9.63 Å². The Labute approximate surface area is 119 Å². The molecule has 5 nitrogen and oxygen atoms in total. The summed E-state index contributed by atoms with van der Waals surface area (Å²) in [7, 11) is 2.95. The Morgan fingerprint density at radius 2 is 2.11 bits per heavy atom. The van der Waals surface area contributed by atoms with Crippen LogP contribution in [0, 0.1) is 0 Å². The molecule has 0 saturated carbocycles. The second kappa shape index (κ2) is 6.01. The SMILES string of the molecule is CON(C)C(=O)Nc1cc(-c2ccc(Cl)cc2)ns1. The van der Waals surface area contributed by atoms with Crippen molar-refractivity contribution in [2.24, 2.45) is 0 Å². The van der Waals surface area contributed by atoms with Gasteiger partial charge >= 0.3 is 6.03 Å². The van der Waals surface area contributed by atoms with E-state index in [1.165, 1.54) is 25.7 Å². The van der Waals surface area contributed by atoms with Crippen molar-refractivity contribution in [2.45, 2.75) is 0 Å². The number of nitrogens with zero attached hydrogens (tertiary/aromatic N) is 2. The molecule has 0 aliphatic rings. The standard InChI is InChI=1S/C12H12ClN3O2S/c1-16(18-2)12(17)14-11-7-10(15-19-11)8-3-5-9(13)6-4-8/h3-7H,1-2H3,(H,14,17). The number of aromatic nitrogens is 1. The first-order valence-corrected chi connectivity index (χ1v) is 6.57. The first-order valence-electron chi connectivity index (χ1n) is 5.41. The van der Waals surface area contributed by atoms with E-state index in [0.29, 0.717) is 10.0 Å². The Bertz CT molecular complexity index is 571. The average molecular weight is 298 g/mol. The van der Waals surface area contributed by atoms with Crippen molar-refractivity contribution in [3.05, 3.63) is 35.4 Å². The van der Waals surface area contributed by atoms with Crippen LogP contribution in [0.1, 0.15) is 0 Å². The van der Waals surface area contributed by atoms with Gasteiger partial charge in [0, 0.05) is 23.7 Å². The summed E-state index contributed by atoms with van der Waals surface area (Å²) in [6.07, 6.45) is 0. The number of anilines is 1. The number of carbonyl (C=O) groups is 1. The van der Waals surface area contributed by atoms with E-state index in [-0.39, 0.29) is 6.03 Å². The van der Waals surface area contributed by atoms with Gasteiger partial charge in [0.2, 0.25) is 0 Å². The summed E-state index contributed by atoms with van der Waals surface area (Å²) in [5, 5.41) is 5.11. The second-order valence-corrected chi connectivity index (χ2v) is 4.93. The van der Waals surface area contributed by atoms with Gasteiger partial charge in [-0.2, -0.15) is 4.37 Å². The third-order valence-corrected chi connectivity index (χ3v) is 3.40. The third kappa shape index (κ3) is 3.44. The predicted octanol–water partition coefficient (Wildman–Crippen LogP) is 3.49. The maximum Gasteiger partial charge on any atom is 0.346 e. The minimum atomic E-state index is -0.353. The van der Waals surface area contributed by atoms with Crippen LogP contribution in [0.25, 0.3) is 11.3 Å². The average Bonchev–Trinajstić information content (AvgIpc) is 2.87. The molecule has 2 rings (SSSR count). The highest BCUT2D eigenvalue weighted by atomic mass is 35.5. The fourth-order valence-electron chi connectivity index (χ4n) is 1.36. The number of amides is 2. The Hall–Kier alpha value is -1.63. The van der Waals surface area contributed by atoms with Crippen molar-refractivity contribution in [3.8, 4) is 11.3 Å². The molecule has 0 spiro atoms. The van der Waals surface area contributed by atoms with E-state index < -0.39 is 0 Å². The highest BCUT2D eigenvalue weighted by molar-refractivity contribution is 7.10. The normalized spacial score (nSPS) is 10.3. The number of benzene rings is 1. The molecule has 1 N–H and O–H groups in total. The van der Waals surface area contributed by atoms with Gasteiger partial charge in [0.05, 0.1) is 12.8 Å². The lowest BCUT2D eigenvalue weighted by atomic mass is 10.1. The van der Waals surface area contributed by atoms with E-state index in [2.05, 4.69) is 9.69 Å². The summed E-state index contributed by atoms with van der Waals surface area (Å²) >= 11 is 7.04. The molecule has 0 bridgehead atoms. The molecule has 0 atom stereocenters. The number of hydrogen-bond donors (Lipinski definition) is 1. The quantitative estimate of drug-likeness (QED) is 0.882. The van der Waals surface area contributed by atoms with Crippen LogP contribution in [0.4, 0.5) is 9.80 Å². The van der Waals surface area contributed by atoms with Gasteiger partial charge in [0.15, 0.2) is 0 Å². The first kappa shape index (κ1) is 13.8. The minimum absolute atomic E-state index is 0.353. The Kier molecular flexibility index (Phi) is 4.36. The zero-order valence-corrected chi connectivity index (χ0v) is 12.0. The van der Waals surface area contributed by atoms with E-state index in [9.17, 15) is 4.79 Å². The van der Waals surface area contributed by atoms with Gasteiger partial charge < -0.3 is 0 Å². The van der Waals surface area contributed by atoms with Gasteiger partial charge in [-0.05, 0) is 23.7 Å². The summed E-state index contributed by atoms with van der Waals surface area (Å²) in [5.41, 5.74) is 1.73. The topological polar surface area (TPSA) is 54.5 Å². The molecule has 100 valence electrons. The first-order chi connectivity index (χ1) is 9.10. The van der Waals surface area contributed by atoms with Crippen LogP contribution in [0.3, 0.4) is 0 Å². The largest absolute Gasteiger partial charge is 0.346 e. The van der Waals surface area contributed by atoms with Crippen LogP contribution in [0.15, 0.2) is 30.3 Å². The lowest BCUT2D eigenvalue weighted by Crippen LogP contribution is -2.29. The second-order valence-electron chi connectivity index (χ2n) is 3.69. The smallest absolute Gasteiger partial charge is 0.296 e. The van der Waals surface area contributed by atoms with Crippen LogP contribution in [-0.4, -0.2) is 29.6 Å². The van der Waals surface area contributed by atoms with Crippen LogP contribution in [-0.2, 0) is 4.84 Å². The fraction of sp³-hybridized carbons (Fsp3) is 0.167. The molecule has 0 radical (unpaired) electrons. The lowest BCUT2D eigenvalue weighted by Gasteiger charge is -2.12. The molecule has 2 aromatic rings. The highest BCUT2D eigenvalue weighted by Gasteiger charge is 2.11. The Morgan fingerprint density at radius 3 is 2.74 bits per heavy atom. The van der Waals surface area contributed by atoms with Gasteiger partial charge in [-0.25, -0.2) is 9.86 Å². The number of urea groups is 1. The van der Waals surface area contributed by atoms with Gasteiger partial charge in [-0.15, -0.1) is 0 Å². The van der Waals surface area contributed by atoms with Crippen LogP contribution < -0.4 is 5.32 Å². The molecule has 0 fully saturated rings. The van der Waals surface area contributed by atoms with Gasteiger partial charge in [-0.3, -0.25) is 10.2 Å². The van der Waals surface area contributed by atoms with Crippen molar-refractivity contribution in [2.75, 3.05) is 19.5 Å². The Balaban J connectivity index is 2.11. The molecule has 0 saturated heterocycles. The summed E-state index contributed by atoms with van der Waals surface area (Å²) < 4.78 is 4.28. The monoisotopic (exact) mass is 297 g/mol. The zero-order chi connectivity index (χ0) is 13.8. The zero-order valence-electron chi connectivity index (χ0n) is 10.4. The molecule has 0 aliphatic heterocycles. The molecule has 1 aromatic carbocycles. The van der Waals surface area contributed by atoms with Crippen molar-refractivity contribution in [3.63, 3.8) is 0 Å². The minimum Gasteiger partial charge on any atom is -0.296 e. The Morgan fingerprint density at radius 1 is 1.42 bits per heavy atom. The highest BCUT2D eigenvalue weighted by Crippen LogP contribution is 2.26. The summed E-state index contributed by atoms with van der Waals surface area (Å²) in [5.74, 6) is 0. The molecule has 19 heavy (non-hydrogen) atoms. The maximum absolute atomic E-state index is 11.6. The fourth-order valence-corrected chi connectivity index (χ4v) is 2.14. The van der Waals surface area contributed by atoms with E-state index >= 15 is 0 Å². The number of nitrogens with one attached hydrogen (secondary N) is 1. The number of halogens is 1. The van der Waals surface area contributed by atoms with Crippen LogP contribution >= 0.6 is 23.1 Å². The molecular formula is C12H12ClN3O2S. The third-order valence-electron chi connectivity index (χ3n) is 2.44. The van der Waals surface area contributed by atoms with Gasteiger partial charge in [0.1, 0.15) is 5.00 Å². The predicted molar refractivity (Wildman–Crippen MR) is 76.4 cm³/mol. The number of rotatable bonds is 3. The molecule has 7 heteroatoms. The number of hydrogen-bond acceptors (Lipinski definition) is 4. The van der Waals surface area contributed by atoms with Crippen molar-refractivity contribution >= 4 is 34.2 Å². The van der Waals surface area contributed by atoms with Crippen LogP contribution in [0.5, 0.6) is 0 Å². The van der Waals surface area contributed by atoms with Crippen molar-refractivity contribution in [1.82, 2.24) is 9.44 Å². The number of hydroxylamine groups is 2. The molecule has 1 aromatic heterocycles. The molecular weight excluding hydrogens is 286 g/mol. The summed E-state index contributed by atoms with van der Waals surface area (Å²) in [6.45, 7) is 0. The van der Waals surface area contributed by atoms with E-state index in [1.54, 1.807) is 18.2 Å². The van der Waals surface area contributed by atoms with E-state index in [1.807, 2.05) is 12.1 Å². The van der Waals surface area contributed by atoms with Crippen LogP contribution in [0.2, 0.25) is 5.02 Å². The molecule has 1 heterocycles. The number of carbonyl (C=O) groups excluding carboxylic acids is 1. The molecule has 2 amide bonds. The van der Waals surface area contributed by atoms with E-state index in [0.717, 1.165) is 16.3 Å². The van der Waals surface area contributed by atoms with Gasteiger partial charge in [0.25, 0.3) is 0 Å².